The molecule has 2 aliphatic rings. The summed E-state index contributed by atoms with van der Waals surface area (Å²) in [6.45, 7) is 3.55. The maximum absolute atomic E-state index is 3.63. The minimum absolute atomic E-state index is 0.538. The molecule has 1 heterocycles. The molecular weight excluding hydrogens is 196 g/mol. The average Bonchev–Trinajstić information content (AvgIpc) is 2.28. The minimum atomic E-state index is 0.538. The van der Waals surface area contributed by atoms with Crippen molar-refractivity contribution in [3.05, 3.63) is 35.9 Å². The summed E-state index contributed by atoms with van der Waals surface area (Å²) in [6, 6.07) is 12.3. The number of nitrogens with zero attached hydrogens (tertiary/aromatic N) is 1. The van der Waals surface area contributed by atoms with E-state index in [1.807, 2.05) is 0 Å². The number of benzene rings is 1. The summed E-state index contributed by atoms with van der Waals surface area (Å²) in [6.07, 6.45) is 4.27. The Morgan fingerprint density at radius 2 is 1.94 bits per heavy atom. The molecule has 0 amide bonds. The molecule has 0 bridgehead atoms. The highest BCUT2D eigenvalue weighted by Crippen LogP contribution is 2.28. The molecular formula is C14H20N2. The summed E-state index contributed by atoms with van der Waals surface area (Å²) in [5.41, 5.74) is 1.44. The van der Waals surface area contributed by atoms with Gasteiger partial charge in [0.15, 0.2) is 0 Å². The van der Waals surface area contributed by atoms with Crippen LogP contribution in [0.5, 0.6) is 0 Å². The van der Waals surface area contributed by atoms with Crippen LogP contribution in [0.4, 0.5) is 0 Å². The van der Waals surface area contributed by atoms with Crippen molar-refractivity contribution in [2.45, 2.75) is 31.3 Å². The first-order valence-corrected chi connectivity index (χ1v) is 6.46. The molecule has 0 aromatic heterocycles. The van der Waals surface area contributed by atoms with E-state index in [0.717, 1.165) is 12.6 Å². The molecule has 2 heteroatoms. The van der Waals surface area contributed by atoms with E-state index in [0.29, 0.717) is 6.04 Å². The third kappa shape index (κ3) is 2.00. The van der Waals surface area contributed by atoms with E-state index in [9.17, 15) is 0 Å². The zero-order valence-corrected chi connectivity index (χ0v) is 9.73. The molecule has 3 rings (SSSR count). The Hall–Kier alpha value is -0.860. The highest BCUT2D eigenvalue weighted by atomic mass is 15.2. The maximum Gasteiger partial charge on any atom is 0.0449 e. The van der Waals surface area contributed by atoms with Crippen LogP contribution in [0, 0.1) is 0 Å². The molecule has 16 heavy (non-hydrogen) atoms. The number of rotatable bonds is 2. The lowest BCUT2D eigenvalue weighted by atomic mass is 9.90. The predicted molar refractivity (Wildman–Crippen MR) is 66.4 cm³/mol. The van der Waals surface area contributed by atoms with Crippen LogP contribution in [-0.2, 0) is 0 Å². The van der Waals surface area contributed by atoms with Gasteiger partial charge in [-0.1, -0.05) is 36.8 Å². The van der Waals surface area contributed by atoms with Crippen molar-refractivity contribution in [1.29, 1.82) is 0 Å². The van der Waals surface area contributed by atoms with Gasteiger partial charge in [0.1, 0.15) is 0 Å². The predicted octanol–water partition coefficient (Wildman–Crippen LogP) is 2.19. The van der Waals surface area contributed by atoms with Gasteiger partial charge in [0.2, 0.25) is 0 Å². The Morgan fingerprint density at radius 1 is 1.12 bits per heavy atom. The summed E-state index contributed by atoms with van der Waals surface area (Å²) >= 11 is 0. The maximum atomic E-state index is 3.63. The largest absolute Gasteiger partial charge is 0.308 e. The molecule has 2 nitrogen and oxygen atoms in total. The molecule has 1 N–H and O–H groups in total. The fraction of sp³-hybridized carbons (Fsp3) is 0.571. The van der Waals surface area contributed by atoms with Crippen molar-refractivity contribution >= 4 is 0 Å². The third-order valence-electron chi connectivity index (χ3n) is 4.00. The first-order chi connectivity index (χ1) is 7.93. The lowest BCUT2D eigenvalue weighted by Crippen LogP contribution is -2.51. The van der Waals surface area contributed by atoms with Gasteiger partial charge < -0.3 is 5.32 Å². The fourth-order valence-corrected chi connectivity index (χ4v) is 2.76. The van der Waals surface area contributed by atoms with Gasteiger partial charge >= 0.3 is 0 Å². The van der Waals surface area contributed by atoms with Crippen LogP contribution in [0.3, 0.4) is 0 Å². The van der Waals surface area contributed by atoms with Crippen molar-refractivity contribution in [3.8, 4) is 0 Å². The van der Waals surface area contributed by atoms with Crippen LogP contribution >= 0.6 is 0 Å². The fourth-order valence-electron chi connectivity index (χ4n) is 2.76. The summed E-state index contributed by atoms with van der Waals surface area (Å²) in [5.74, 6) is 0. The van der Waals surface area contributed by atoms with Gasteiger partial charge in [-0.05, 0) is 18.4 Å². The molecule has 1 aliphatic carbocycles. The molecule has 0 radical (unpaired) electrons. The Kier molecular flexibility index (Phi) is 2.94. The van der Waals surface area contributed by atoms with Crippen LogP contribution in [-0.4, -0.2) is 30.6 Å². The molecule has 1 saturated carbocycles. The Labute approximate surface area is 97.6 Å². The van der Waals surface area contributed by atoms with Gasteiger partial charge in [0.25, 0.3) is 0 Å². The van der Waals surface area contributed by atoms with Gasteiger partial charge in [-0.2, -0.15) is 0 Å². The van der Waals surface area contributed by atoms with Crippen molar-refractivity contribution in [2.24, 2.45) is 0 Å². The SMILES string of the molecule is c1ccc(C2CN(C3CCC3)CCN2)cc1. The first kappa shape index (κ1) is 10.3. The van der Waals surface area contributed by atoms with Crippen LogP contribution in [0.1, 0.15) is 30.9 Å². The van der Waals surface area contributed by atoms with Gasteiger partial charge in [0.05, 0.1) is 0 Å². The van der Waals surface area contributed by atoms with E-state index in [1.165, 1.54) is 37.9 Å². The van der Waals surface area contributed by atoms with Crippen molar-refractivity contribution in [2.75, 3.05) is 19.6 Å². The van der Waals surface area contributed by atoms with Gasteiger partial charge in [0, 0.05) is 31.7 Å². The normalized spacial score (nSPS) is 27.6. The Balaban J connectivity index is 1.67. The zero-order chi connectivity index (χ0) is 10.8. The molecule has 1 aliphatic heterocycles. The van der Waals surface area contributed by atoms with Crippen LogP contribution in [0.15, 0.2) is 30.3 Å². The number of piperazine rings is 1. The smallest absolute Gasteiger partial charge is 0.0449 e. The van der Waals surface area contributed by atoms with Gasteiger partial charge in [-0.15, -0.1) is 0 Å². The molecule has 0 spiro atoms. The van der Waals surface area contributed by atoms with Crippen LogP contribution in [0.2, 0.25) is 0 Å². The van der Waals surface area contributed by atoms with E-state index >= 15 is 0 Å². The molecule has 86 valence electrons. The number of hydrogen-bond donors (Lipinski definition) is 1. The molecule has 1 aromatic rings. The standard InChI is InChI=1S/C14H20N2/c1-2-5-12(6-3-1)14-11-16(10-9-15-14)13-7-4-8-13/h1-3,5-6,13-15H,4,7-11H2. The monoisotopic (exact) mass is 216 g/mol. The summed E-state index contributed by atoms with van der Waals surface area (Å²) in [7, 11) is 0. The zero-order valence-electron chi connectivity index (χ0n) is 9.73. The van der Waals surface area contributed by atoms with Gasteiger partial charge in [-0.3, -0.25) is 4.90 Å². The molecule has 1 aromatic carbocycles. The van der Waals surface area contributed by atoms with Crippen molar-refractivity contribution < 1.29 is 0 Å². The number of nitrogens with one attached hydrogen (secondary N) is 1. The molecule has 2 fully saturated rings. The van der Waals surface area contributed by atoms with E-state index in [-0.39, 0.29) is 0 Å². The van der Waals surface area contributed by atoms with E-state index in [4.69, 9.17) is 0 Å². The Morgan fingerprint density at radius 3 is 2.62 bits per heavy atom. The van der Waals surface area contributed by atoms with Crippen LogP contribution in [0.25, 0.3) is 0 Å². The first-order valence-electron chi connectivity index (χ1n) is 6.46. The summed E-state index contributed by atoms with van der Waals surface area (Å²) in [4.78, 5) is 2.68. The lowest BCUT2D eigenvalue weighted by molar-refractivity contribution is 0.0919. The summed E-state index contributed by atoms with van der Waals surface area (Å²) < 4.78 is 0. The van der Waals surface area contributed by atoms with E-state index in [1.54, 1.807) is 0 Å². The lowest BCUT2D eigenvalue weighted by Gasteiger charge is -2.43. The van der Waals surface area contributed by atoms with Crippen molar-refractivity contribution in [3.63, 3.8) is 0 Å². The quantitative estimate of drug-likeness (QED) is 0.815. The number of hydrogen-bond acceptors (Lipinski definition) is 2. The second-order valence-corrected chi connectivity index (χ2v) is 5.00. The van der Waals surface area contributed by atoms with E-state index in [2.05, 4.69) is 40.5 Å². The van der Waals surface area contributed by atoms with Crippen LogP contribution < -0.4 is 5.32 Å². The molecule has 1 saturated heterocycles. The minimum Gasteiger partial charge on any atom is -0.308 e. The van der Waals surface area contributed by atoms with Gasteiger partial charge in [-0.25, -0.2) is 0 Å². The average molecular weight is 216 g/mol. The second-order valence-electron chi connectivity index (χ2n) is 5.00. The van der Waals surface area contributed by atoms with E-state index < -0.39 is 0 Å². The highest BCUT2D eigenvalue weighted by Gasteiger charge is 2.29. The second kappa shape index (κ2) is 4.56. The third-order valence-corrected chi connectivity index (χ3v) is 4.00. The summed E-state index contributed by atoms with van der Waals surface area (Å²) in [5, 5.41) is 3.63. The Bertz CT molecular complexity index is 332. The highest BCUT2D eigenvalue weighted by molar-refractivity contribution is 5.20. The topological polar surface area (TPSA) is 15.3 Å². The molecule has 1 atom stereocenters. The van der Waals surface area contributed by atoms with Crippen molar-refractivity contribution in [1.82, 2.24) is 10.2 Å². The molecule has 1 unspecified atom stereocenters.